The number of carbonyl (C=O) groups excluding carboxylic acids is 1. The van der Waals surface area contributed by atoms with E-state index in [0.29, 0.717) is 38.6 Å². The Labute approximate surface area is 151 Å². The van der Waals surface area contributed by atoms with Crippen molar-refractivity contribution in [3.05, 3.63) is 29.8 Å². The van der Waals surface area contributed by atoms with Gasteiger partial charge in [-0.2, -0.15) is 4.31 Å². The molecule has 0 radical (unpaired) electrons. The predicted octanol–water partition coefficient (Wildman–Crippen LogP) is 1.61. The van der Waals surface area contributed by atoms with Gasteiger partial charge in [-0.05, 0) is 38.0 Å². The molecule has 0 bridgehead atoms. The van der Waals surface area contributed by atoms with E-state index in [9.17, 15) is 22.0 Å². The van der Waals surface area contributed by atoms with Gasteiger partial charge in [-0.25, -0.2) is 17.2 Å². The number of nitrogens with zero attached hydrogens (tertiary/aromatic N) is 2. The second kappa shape index (κ2) is 7.58. The molecule has 1 aromatic carbocycles. The molecule has 144 valence electrons. The fraction of sp³-hybridized carbons (Fsp3) is 0.588. The standard InChI is InChI=1S/C17H22F2N2O4S/c1-12-11-20(8-9-25-12)17(22)13-4-6-21(7-5-13)26(23,24)14-2-3-15(18)16(19)10-14/h2-3,10,12-13H,4-9,11H2,1H3. The first-order valence-electron chi connectivity index (χ1n) is 8.64. The third-order valence-corrected chi connectivity index (χ3v) is 6.78. The second-order valence-electron chi connectivity index (χ2n) is 6.72. The maximum Gasteiger partial charge on any atom is 0.243 e. The van der Waals surface area contributed by atoms with Crippen LogP contribution in [0.5, 0.6) is 0 Å². The number of hydrogen-bond acceptors (Lipinski definition) is 4. The molecule has 1 unspecified atom stereocenters. The molecule has 0 spiro atoms. The zero-order valence-electron chi connectivity index (χ0n) is 14.5. The minimum absolute atomic E-state index is 0.00143. The van der Waals surface area contributed by atoms with E-state index in [1.54, 1.807) is 4.90 Å². The molecule has 2 fully saturated rings. The summed E-state index contributed by atoms with van der Waals surface area (Å²) in [6, 6.07) is 2.55. The lowest BCUT2D eigenvalue weighted by atomic mass is 9.96. The zero-order chi connectivity index (χ0) is 18.9. The summed E-state index contributed by atoms with van der Waals surface area (Å²) in [5, 5.41) is 0. The highest BCUT2D eigenvalue weighted by Crippen LogP contribution is 2.26. The van der Waals surface area contributed by atoms with Crippen LogP contribution in [0.4, 0.5) is 8.78 Å². The van der Waals surface area contributed by atoms with Crippen molar-refractivity contribution in [2.75, 3.05) is 32.8 Å². The van der Waals surface area contributed by atoms with Gasteiger partial charge in [0.1, 0.15) is 0 Å². The van der Waals surface area contributed by atoms with Crippen LogP contribution in [0.15, 0.2) is 23.1 Å². The highest BCUT2D eigenvalue weighted by molar-refractivity contribution is 7.89. The summed E-state index contributed by atoms with van der Waals surface area (Å²) >= 11 is 0. The lowest BCUT2D eigenvalue weighted by Crippen LogP contribution is -2.49. The monoisotopic (exact) mass is 388 g/mol. The van der Waals surface area contributed by atoms with Crippen LogP contribution in [0.25, 0.3) is 0 Å². The van der Waals surface area contributed by atoms with E-state index in [1.165, 1.54) is 4.31 Å². The van der Waals surface area contributed by atoms with E-state index in [0.717, 1.165) is 12.1 Å². The summed E-state index contributed by atoms with van der Waals surface area (Å²) in [6.45, 7) is 3.88. The highest BCUT2D eigenvalue weighted by Gasteiger charge is 2.35. The lowest BCUT2D eigenvalue weighted by molar-refractivity contribution is -0.143. The molecule has 26 heavy (non-hydrogen) atoms. The molecule has 3 rings (SSSR count). The van der Waals surface area contributed by atoms with Crippen molar-refractivity contribution in [2.24, 2.45) is 5.92 Å². The quantitative estimate of drug-likeness (QED) is 0.789. The summed E-state index contributed by atoms with van der Waals surface area (Å²) in [7, 11) is -3.90. The van der Waals surface area contributed by atoms with Gasteiger partial charge in [0.2, 0.25) is 15.9 Å². The van der Waals surface area contributed by atoms with Crippen molar-refractivity contribution in [3.63, 3.8) is 0 Å². The first-order valence-corrected chi connectivity index (χ1v) is 10.1. The number of sulfonamides is 1. The Morgan fingerprint density at radius 2 is 1.85 bits per heavy atom. The van der Waals surface area contributed by atoms with Gasteiger partial charge in [-0.15, -0.1) is 0 Å². The number of ether oxygens (including phenoxy) is 1. The first-order chi connectivity index (χ1) is 12.3. The van der Waals surface area contributed by atoms with Crippen LogP contribution >= 0.6 is 0 Å². The molecule has 2 saturated heterocycles. The first kappa shape index (κ1) is 19.2. The van der Waals surface area contributed by atoms with E-state index in [4.69, 9.17) is 4.74 Å². The molecule has 9 heteroatoms. The number of carbonyl (C=O) groups is 1. The Morgan fingerprint density at radius 3 is 2.46 bits per heavy atom. The summed E-state index contributed by atoms with van der Waals surface area (Å²) in [5.74, 6) is -2.48. The molecule has 0 N–H and O–H groups in total. The number of morpholine rings is 1. The van der Waals surface area contributed by atoms with Crippen LogP contribution in [-0.4, -0.2) is 62.4 Å². The molecular weight excluding hydrogens is 366 g/mol. The second-order valence-corrected chi connectivity index (χ2v) is 8.66. The molecule has 2 heterocycles. The van der Waals surface area contributed by atoms with Crippen LogP contribution in [0.3, 0.4) is 0 Å². The molecule has 2 aliphatic heterocycles. The number of benzene rings is 1. The fourth-order valence-corrected chi connectivity index (χ4v) is 4.89. The Hall–Kier alpha value is -1.58. The van der Waals surface area contributed by atoms with Crippen molar-refractivity contribution in [3.8, 4) is 0 Å². The van der Waals surface area contributed by atoms with Crippen LogP contribution in [-0.2, 0) is 19.6 Å². The molecule has 2 aliphatic rings. The summed E-state index contributed by atoms with van der Waals surface area (Å²) in [4.78, 5) is 14.1. The van der Waals surface area contributed by atoms with Crippen molar-refractivity contribution < 1.29 is 26.7 Å². The smallest absolute Gasteiger partial charge is 0.243 e. The lowest BCUT2D eigenvalue weighted by Gasteiger charge is -2.36. The van der Waals surface area contributed by atoms with Gasteiger partial charge in [0, 0.05) is 32.1 Å². The van der Waals surface area contributed by atoms with Crippen LogP contribution in [0.2, 0.25) is 0 Å². The summed E-state index contributed by atoms with van der Waals surface area (Å²) in [6.07, 6.45) is 0.822. The number of halogens is 2. The molecular formula is C17H22F2N2O4S. The Morgan fingerprint density at radius 1 is 1.15 bits per heavy atom. The number of piperidine rings is 1. The minimum Gasteiger partial charge on any atom is -0.375 e. The Kier molecular flexibility index (Phi) is 5.59. The van der Waals surface area contributed by atoms with Crippen molar-refractivity contribution in [1.82, 2.24) is 9.21 Å². The topological polar surface area (TPSA) is 66.9 Å². The molecule has 1 aromatic rings. The summed E-state index contributed by atoms with van der Waals surface area (Å²) in [5.41, 5.74) is 0. The van der Waals surface area contributed by atoms with Crippen molar-refractivity contribution in [2.45, 2.75) is 30.8 Å². The van der Waals surface area contributed by atoms with Gasteiger partial charge < -0.3 is 9.64 Å². The molecule has 1 amide bonds. The number of rotatable bonds is 3. The fourth-order valence-electron chi connectivity index (χ4n) is 3.41. The van der Waals surface area contributed by atoms with Crippen LogP contribution in [0.1, 0.15) is 19.8 Å². The molecule has 0 saturated carbocycles. The SMILES string of the molecule is CC1CN(C(=O)C2CCN(S(=O)(=O)c3ccc(F)c(F)c3)CC2)CCO1. The van der Waals surface area contributed by atoms with Crippen molar-refractivity contribution in [1.29, 1.82) is 0 Å². The molecule has 0 aliphatic carbocycles. The minimum atomic E-state index is -3.90. The number of amides is 1. The highest BCUT2D eigenvalue weighted by atomic mass is 32.2. The van der Waals surface area contributed by atoms with Gasteiger partial charge in [-0.1, -0.05) is 0 Å². The van der Waals surface area contributed by atoms with E-state index >= 15 is 0 Å². The van der Waals surface area contributed by atoms with E-state index in [2.05, 4.69) is 0 Å². The average Bonchev–Trinajstić information content (AvgIpc) is 2.63. The van der Waals surface area contributed by atoms with Gasteiger partial charge in [0.25, 0.3) is 0 Å². The van der Waals surface area contributed by atoms with Gasteiger partial charge in [-0.3, -0.25) is 4.79 Å². The van der Waals surface area contributed by atoms with Crippen molar-refractivity contribution >= 4 is 15.9 Å². The maximum absolute atomic E-state index is 13.4. The maximum atomic E-state index is 13.4. The predicted molar refractivity (Wildman–Crippen MR) is 89.8 cm³/mol. The molecule has 0 aromatic heterocycles. The van der Waals surface area contributed by atoms with Gasteiger partial charge in [0.05, 0.1) is 17.6 Å². The third kappa shape index (κ3) is 3.89. The van der Waals surface area contributed by atoms with E-state index in [1.807, 2.05) is 6.92 Å². The van der Waals surface area contributed by atoms with E-state index in [-0.39, 0.29) is 35.9 Å². The van der Waals surface area contributed by atoms with Gasteiger partial charge >= 0.3 is 0 Å². The van der Waals surface area contributed by atoms with Crippen LogP contribution < -0.4 is 0 Å². The Bertz CT molecular complexity index is 779. The third-order valence-electron chi connectivity index (χ3n) is 4.88. The normalized spacial score (nSPS) is 23.2. The zero-order valence-corrected chi connectivity index (χ0v) is 15.3. The Balaban J connectivity index is 1.64. The number of hydrogen-bond donors (Lipinski definition) is 0. The molecule has 6 nitrogen and oxygen atoms in total. The van der Waals surface area contributed by atoms with E-state index < -0.39 is 21.7 Å². The summed E-state index contributed by atoms with van der Waals surface area (Å²) < 4.78 is 58.3. The molecule has 1 atom stereocenters. The largest absolute Gasteiger partial charge is 0.375 e. The van der Waals surface area contributed by atoms with Crippen LogP contribution in [0, 0.1) is 17.6 Å². The average molecular weight is 388 g/mol. The van der Waals surface area contributed by atoms with Gasteiger partial charge in [0.15, 0.2) is 11.6 Å².